The van der Waals surface area contributed by atoms with E-state index in [1.165, 1.54) is 4.90 Å². The Morgan fingerprint density at radius 3 is 1.88 bits per heavy atom. The Bertz CT molecular complexity index is 1080. The summed E-state index contributed by atoms with van der Waals surface area (Å²) in [5.41, 5.74) is 1.52. The van der Waals surface area contributed by atoms with E-state index < -0.39 is 28.1 Å². The number of hydrogen-bond acceptors (Lipinski definition) is 7. The van der Waals surface area contributed by atoms with Crippen LogP contribution in [-0.4, -0.2) is 36.7 Å². The number of ketones is 1. The number of quaternary nitrogens is 1. The van der Waals surface area contributed by atoms with Crippen molar-refractivity contribution in [2.75, 3.05) is 11.9 Å². The second kappa shape index (κ2) is 7.89. The lowest BCUT2D eigenvalue weighted by Gasteiger charge is -2.42. The lowest BCUT2D eigenvalue weighted by molar-refractivity contribution is -2.00. The van der Waals surface area contributed by atoms with Gasteiger partial charge in [-0.1, -0.05) is 36.4 Å². The summed E-state index contributed by atoms with van der Waals surface area (Å²) in [7, 11) is -2.97. The van der Waals surface area contributed by atoms with Crippen LogP contribution in [0.2, 0.25) is 0 Å². The fraction of sp³-hybridized carbons (Fsp3) is 0.227. The van der Waals surface area contributed by atoms with Crippen molar-refractivity contribution in [2.45, 2.75) is 12.1 Å². The van der Waals surface area contributed by atoms with Crippen LogP contribution in [-0.2, 0) is 14.4 Å². The van der Waals surface area contributed by atoms with Gasteiger partial charge >= 0.3 is 0 Å². The molecule has 2 aromatic carbocycles. The molecule has 3 aliphatic rings. The van der Waals surface area contributed by atoms with Crippen molar-refractivity contribution in [2.24, 2.45) is 11.8 Å². The van der Waals surface area contributed by atoms with Crippen LogP contribution in [0.3, 0.4) is 0 Å². The smallest absolute Gasteiger partial charge is 0.244 e. The van der Waals surface area contributed by atoms with Crippen LogP contribution in [0.15, 0.2) is 72.8 Å². The van der Waals surface area contributed by atoms with E-state index in [1.54, 1.807) is 30.3 Å². The van der Waals surface area contributed by atoms with Gasteiger partial charge in [-0.25, -0.2) is 23.5 Å². The van der Waals surface area contributed by atoms with Crippen LogP contribution >= 0.6 is 0 Å². The number of halogens is 1. The van der Waals surface area contributed by atoms with Gasteiger partial charge in [0.25, 0.3) is 0 Å². The summed E-state index contributed by atoms with van der Waals surface area (Å²) >= 11 is 0. The highest BCUT2D eigenvalue weighted by molar-refractivity contribution is 6.25. The number of rotatable bonds is 2. The average molecular weight is 459 g/mol. The van der Waals surface area contributed by atoms with E-state index in [2.05, 4.69) is 0 Å². The van der Waals surface area contributed by atoms with Crippen molar-refractivity contribution < 1.29 is 43.3 Å². The third-order valence-corrected chi connectivity index (χ3v) is 6.38. The molecule has 3 heterocycles. The topological polar surface area (TPSA) is 147 Å². The van der Waals surface area contributed by atoms with Crippen molar-refractivity contribution in [3.8, 4) is 0 Å². The molecule has 2 bridgehead atoms. The van der Waals surface area contributed by atoms with E-state index >= 15 is 0 Å². The number of imide groups is 1. The van der Waals surface area contributed by atoms with E-state index in [0.717, 1.165) is 5.69 Å². The summed E-state index contributed by atoms with van der Waals surface area (Å²) in [6, 6.07) is 17.9. The molecule has 0 saturated carbocycles. The first-order chi connectivity index (χ1) is 15.0. The maximum atomic E-state index is 13.3. The fourth-order valence-corrected chi connectivity index (χ4v) is 5.20. The molecule has 166 valence electrons. The maximum absolute atomic E-state index is 13.3. The quantitative estimate of drug-likeness (QED) is 0.359. The molecule has 0 aliphatic carbocycles. The third-order valence-electron chi connectivity index (χ3n) is 6.38. The molecule has 3 aliphatic heterocycles. The zero-order valence-corrected chi connectivity index (χ0v) is 17.6. The summed E-state index contributed by atoms with van der Waals surface area (Å²) < 4.78 is 34.3. The van der Waals surface area contributed by atoms with Crippen LogP contribution < -0.4 is 28.0 Å². The number of benzene rings is 2. The molecule has 9 nitrogen and oxygen atoms in total. The van der Waals surface area contributed by atoms with Gasteiger partial charge in [0.1, 0.15) is 23.6 Å². The number of amides is 2. The Morgan fingerprint density at radius 2 is 1.31 bits per heavy atom. The predicted octanol–water partition coefficient (Wildman–Crippen LogP) is -2.44. The van der Waals surface area contributed by atoms with Crippen molar-refractivity contribution in [1.29, 1.82) is 0 Å². The number of nitrogens with zero attached hydrogens (tertiary/aromatic N) is 2. The summed E-state index contributed by atoms with van der Waals surface area (Å²) in [5.74, 6) is -1.70. The molecule has 2 fully saturated rings. The maximum Gasteiger partial charge on any atom is 0.244 e. The molecule has 0 radical (unpaired) electrons. The van der Waals surface area contributed by atoms with Gasteiger partial charge in [-0.15, -0.1) is 10.2 Å². The van der Waals surface area contributed by atoms with E-state index in [4.69, 9.17) is 18.6 Å². The van der Waals surface area contributed by atoms with Gasteiger partial charge in [-0.05, 0) is 36.4 Å². The zero-order chi connectivity index (χ0) is 23.3. The van der Waals surface area contributed by atoms with E-state index in [-0.39, 0.29) is 28.1 Å². The Morgan fingerprint density at radius 1 is 0.812 bits per heavy atom. The predicted molar refractivity (Wildman–Crippen MR) is 102 cm³/mol. The molecule has 2 saturated heterocycles. The molecule has 5 unspecified atom stereocenters. The molecule has 10 heteroatoms. The van der Waals surface area contributed by atoms with E-state index in [1.807, 2.05) is 49.5 Å². The monoisotopic (exact) mass is 458 g/mol. The van der Waals surface area contributed by atoms with Crippen LogP contribution in [0.1, 0.15) is 0 Å². The number of likely N-dealkylation sites (N-methyl/N-ethyl adjacent to an activating group) is 1. The zero-order valence-electron chi connectivity index (χ0n) is 16.9. The van der Waals surface area contributed by atoms with Gasteiger partial charge in [-0.3, -0.25) is 18.9 Å². The van der Waals surface area contributed by atoms with Gasteiger partial charge in [-0.2, -0.15) is 0 Å². The van der Waals surface area contributed by atoms with Gasteiger partial charge in [0.2, 0.25) is 17.6 Å². The largest absolute Gasteiger partial charge is 0.288 e. The van der Waals surface area contributed by atoms with Crippen molar-refractivity contribution in [3.05, 3.63) is 72.8 Å². The number of para-hydroxylation sites is 2. The molecular weight excluding hydrogens is 440 g/mol. The highest BCUT2D eigenvalue weighted by atomic mass is 35.7. The van der Waals surface area contributed by atoms with Gasteiger partial charge in [0.05, 0.1) is 12.7 Å². The first kappa shape index (κ1) is 22.3. The molecule has 0 aromatic heterocycles. The minimum Gasteiger partial charge on any atom is -0.288 e. The number of fused-ring (bicyclic) bond motifs is 5. The van der Waals surface area contributed by atoms with Crippen LogP contribution in [0.4, 0.5) is 11.4 Å². The Balaban J connectivity index is 0.000000444. The number of carbonyl (C=O) groups excluding carboxylic acids is 3. The minimum absolute atomic E-state index is 0.0823. The van der Waals surface area contributed by atoms with Gasteiger partial charge in [0.15, 0.2) is 6.04 Å². The molecule has 0 N–H and O–H groups in total. The minimum atomic E-state index is -4.94. The normalized spacial score (nSPS) is 30.8. The molecule has 0 spiro atoms. The number of hydrogen-bond donors (Lipinski definition) is 0. The average Bonchev–Trinajstić information content (AvgIpc) is 3.07. The lowest BCUT2D eigenvalue weighted by Crippen LogP contribution is -2.68. The SMILES string of the molecule is C[N+]1(c2ccccc2)C2C=CC(=O)C1C1C(=O)N(c3ccccc3)C(=O)C12.[O-][Cl+3]([O-])([O-])[O-]. The second-order valence-electron chi connectivity index (χ2n) is 7.96. The van der Waals surface area contributed by atoms with E-state index in [0.29, 0.717) is 5.69 Å². The summed E-state index contributed by atoms with van der Waals surface area (Å²) in [5, 5.41) is 0. The first-order valence-electron chi connectivity index (χ1n) is 9.73. The van der Waals surface area contributed by atoms with Crippen molar-refractivity contribution in [3.63, 3.8) is 0 Å². The van der Waals surface area contributed by atoms with Gasteiger partial charge in [0, 0.05) is 0 Å². The lowest BCUT2D eigenvalue weighted by atomic mass is 9.90. The number of anilines is 1. The summed E-state index contributed by atoms with van der Waals surface area (Å²) in [4.78, 5) is 40.8. The van der Waals surface area contributed by atoms with Crippen LogP contribution in [0.25, 0.3) is 0 Å². The fourth-order valence-electron chi connectivity index (χ4n) is 5.20. The standard InChI is InChI=1S/C22H19N2O3.ClHO4/c1-24(15-10-6-3-7-11-15)16-12-13-17(25)20(24)19-18(16)21(26)23(22(19)27)14-8-4-2-5-9-14;2-1(3,4)5/h2-13,16,18-20H,1H3;(H,2,3,4,5)/q+1;/p-1. The molecule has 2 amide bonds. The Kier molecular flexibility index (Phi) is 5.49. The molecular formula is C22H19ClN2O7. The van der Waals surface area contributed by atoms with E-state index in [9.17, 15) is 14.4 Å². The number of carbonyl (C=O) groups is 3. The Labute approximate surface area is 185 Å². The highest BCUT2D eigenvalue weighted by Crippen LogP contribution is 2.52. The van der Waals surface area contributed by atoms with Crippen LogP contribution in [0.5, 0.6) is 0 Å². The first-order valence-corrected chi connectivity index (χ1v) is 11.0. The van der Waals surface area contributed by atoms with Crippen LogP contribution in [0, 0.1) is 22.1 Å². The van der Waals surface area contributed by atoms with Gasteiger partial charge < -0.3 is 0 Å². The third kappa shape index (κ3) is 3.55. The molecule has 32 heavy (non-hydrogen) atoms. The van der Waals surface area contributed by atoms with Crippen molar-refractivity contribution >= 4 is 29.0 Å². The molecule has 5 rings (SSSR count). The summed E-state index contributed by atoms with van der Waals surface area (Å²) in [6.45, 7) is 0. The second-order valence-corrected chi connectivity index (χ2v) is 8.71. The van der Waals surface area contributed by atoms with Crippen molar-refractivity contribution in [1.82, 2.24) is 4.48 Å². The Hall–Kier alpha value is -2.92. The molecule has 2 aromatic rings. The summed E-state index contributed by atoms with van der Waals surface area (Å²) in [6.07, 6.45) is 3.39. The highest BCUT2D eigenvalue weighted by Gasteiger charge is 2.72. The molecule has 5 atom stereocenters.